The Labute approximate surface area is 125 Å². The first-order valence-corrected chi connectivity index (χ1v) is 6.86. The molecule has 0 bridgehead atoms. The van der Waals surface area contributed by atoms with Gasteiger partial charge in [0.1, 0.15) is 5.82 Å². The lowest BCUT2D eigenvalue weighted by atomic mass is 10.1. The second-order valence-electron chi connectivity index (χ2n) is 4.05. The number of nitrogens with zero attached hydrogens (tertiary/aromatic N) is 2. The molecular weight excluding hydrogens is 328 g/mol. The molecule has 0 aliphatic heterocycles. The Bertz CT molecular complexity index is 589. The van der Waals surface area contributed by atoms with Crippen LogP contribution < -0.4 is 4.90 Å². The van der Waals surface area contributed by atoms with Crippen molar-refractivity contribution in [2.45, 2.75) is 6.42 Å². The molecule has 0 fully saturated rings. The predicted molar refractivity (Wildman–Crippen MR) is 80.5 cm³/mol. The van der Waals surface area contributed by atoms with Crippen LogP contribution in [0.15, 0.2) is 47.1 Å². The largest absolute Gasteiger partial charge is 0.300 e. The highest BCUT2D eigenvalue weighted by Gasteiger charge is 2.14. The lowest BCUT2D eigenvalue weighted by Crippen LogP contribution is -2.28. The number of aromatic nitrogens is 1. The number of benzene rings is 1. The van der Waals surface area contributed by atoms with Crippen LogP contribution in [-0.4, -0.2) is 17.9 Å². The Kier molecular flexibility index (Phi) is 4.56. The molecule has 0 atom stereocenters. The van der Waals surface area contributed by atoms with Crippen LogP contribution >= 0.6 is 27.5 Å². The maximum Gasteiger partial charge on any atom is 0.232 e. The summed E-state index contributed by atoms with van der Waals surface area (Å²) < 4.78 is 0.875. The fourth-order valence-corrected chi connectivity index (χ4v) is 2.22. The van der Waals surface area contributed by atoms with E-state index in [1.807, 2.05) is 18.2 Å². The lowest BCUT2D eigenvalue weighted by molar-refractivity contribution is -0.117. The van der Waals surface area contributed by atoms with Crippen LogP contribution in [0.3, 0.4) is 0 Å². The van der Waals surface area contributed by atoms with Gasteiger partial charge in [0.15, 0.2) is 0 Å². The number of likely N-dealkylation sites (N-methyl/N-ethyl adjacent to an activating group) is 1. The Morgan fingerprint density at radius 3 is 2.84 bits per heavy atom. The van der Waals surface area contributed by atoms with Crippen LogP contribution in [0.4, 0.5) is 5.82 Å². The molecule has 2 aromatic rings. The van der Waals surface area contributed by atoms with Crippen molar-refractivity contribution in [2.24, 2.45) is 0 Å². The number of carbonyl (C=O) groups is 1. The van der Waals surface area contributed by atoms with Gasteiger partial charge in [-0.2, -0.15) is 0 Å². The molecule has 0 saturated heterocycles. The van der Waals surface area contributed by atoms with Crippen LogP contribution in [0.5, 0.6) is 0 Å². The topological polar surface area (TPSA) is 33.2 Å². The number of carbonyl (C=O) groups excluding carboxylic acids is 1. The van der Waals surface area contributed by atoms with Crippen molar-refractivity contribution in [3.8, 4) is 0 Å². The van der Waals surface area contributed by atoms with Gasteiger partial charge in [-0.15, -0.1) is 0 Å². The molecule has 0 spiro atoms. The zero-order valence-corrected chi connectivity index (χ0v) is 12.6. The molecule has 1 aromatic carbocycles. The molecule has 0 aliphatic carbocycles. The molecule has 0 unspecified atom stereocenters. The van der Waals surface area contributed by atoms with E-state index in [1.165, 1.54) is 4.90 Å². The highest BCUT2D eigenvalue weighted by atomic mass is 79.9. The maximum absolute atomic E-state index is 12.2. The number of anilines is 1. The highest BCUT2D eigenvalue weighted by molar-refractivity contribution is 9.10. The minimum atomic E-state index is -0.0401. The maximum atomic E-state index is 12.2. The molecule has 0 saturated carbocycles. The van der Waals surface area contributed by atoms with Crippen LogP contribution in [0, 0.1) is 0 Å². The molecule has 0 radical (unpaired) electrons. The zero-order chi connectivity index (χ0) is 13.8. The second-order valence-corrected chi connectivity index (χ2v) is 5.34. The first-order chi connectivity index (χ1) is 9.08. The van der Waals surface area contributed by atoms with Gasteiger partial charge in [0.05, 0.1) is 6.42 Å². The molecule has 0 N–H and O–H groups in total. The zero-order valence-electron chi connectivity index (χ0n) is 10.3. The monoisotopic (exact) mass is 338 g/mol. The summed E-state index contributed by atoms with van der Waals surface area (Å²) in [6.07, 6.45) is 1.93. The van der Waals surface area contributed by atoms with E-state index in [4.69, 9.17) is 11.6 Å². The smallest absolute Gasteiger partial charge is 0.232 e. The van der Waals surface area contributed by atoms with Crippen LogP contribution in [0.1, 0.15) is 5.56 Å². The van der Waals surface area contributed by atoms with E-state index < -0.39 is 0 Å². The van der Waals surface area contributed by atoms with Gasteiger partial charge < -0.3 is 0 Å². The van der Waals surface area contributed by atoms with E-state index in [9.17, 15) is 4.79 Å². The Hall–Kier alpha value is -1.39. The summed E-state index contributed by atoms with van der Waals surface area (Å²) in [4.78, 5) is 17.9. The second kappa shape index (κ2) is 6.17. The van der Waals surface area contributed by atoms with Crippen LogP contribution in [0.25, 0.3) is 0 Å². The van der Waals surface area contributed by atoms with Crippen LogP contribution in [0.2, 0.25) is 5.02 Å². The van der Waals surface area contributed by atoms with E-state index in [2.05, 4.69) is 20.9 Å². The Balaban J connectivity index is 2.15. The molecule has 0 aliphatic rings. The van der Waals surface area contributed by atoms with E-state index in [1.54, 1.807) is 31.4 Å². The fraction of sp³-hybridized carbons (Fsp3) is 0.143. The number of hydrogen-bond acceptors (Lipinski definition) is 2. The molecule has 98 valence electrons. The third kappa shape index (κ3) is 3.55. The summed E-state index contributed by atoms with van der Waals surface area (Å²) in [6.45, 7) is 0. The first kappa shape index (κ1) is 14.0. The third-order valence-electron chi connectivity index (χ3n) is 2.72. The van der Waals surface area contributed by atoms with Gasteiger partial charge in [-0.1, -0.05) is 33.6 Å². The summed E-state index contributed by atoms with van der Waals surface area (Å²) >= 11 is 9.36. The van der Waals surface area contributed by atoms with E-state index >= 15 is 0 Å². The van der Waals surface area contributed by atoms with Crippen molar-refractivity contribution < 1.29 is 4.79 Å². The normalized spacial score (nSPS) is 10.3. The molecule has 1 aromatic heterocycles. The lowest BCUT2D eigenvalue weighted by Gasteiger charge is -2.16. The minimum Gasteiger partial charge on any atom is -0.300 e. The average Bonchev–Trinajstić information content (AvgIpc) is 2.43. The fourth-order valence-electron chi connectivity index (χ4n) is 1.64. The third-order valence-corrected chi connectivity index (χ3v) is 3.73. The number of halogens is 2. The van der Waals surface area contributed by atoms with Gasteiger partial charge in [0.25, 0.3) is 0 Å². The summed E-state index contributed by atoms with van der Waals surface area (Å²) in [5.74, 6) is 0.590. The van der Waals surface area contributed by atoms with Crippen molar-refractivity contribution in [1.82, 2.24) is 4.98 Å². The highest BCUT2D eigenvalue weighted by Crippen LogP contribution is 2.22. The standard InChI is InChI=1S/C14H12BrClN2O/c1-18(13-4-2-3-7-17-13)14(19)9-10-8-11(16)5-6-12(10)15/h2-8H,9H2,1H3. The first-order valence-electron chi connectivity index (χ1n) is 5.69. The van der Waals surface area contributed by atoms with Crippen molar-refractivity contribution >= 4 is 39.3 Å². The molecular formula is C14H12BrClN2O. The molecule has 2 rings (SSSR count). The number of amides is 1. The van der Waals surface area contributed by atoms with Gasteiger partial charge in [-0.3, -0.25) is 9.69 Å². The van der Waals surface area contributed by atoms with Crippen molar-refractivity contribution in [3.63, 3.8) is 0 Å². The Morgan fingerprint density at radius 2 is 2.16 bits per heavy atom. The number of rotatable bonds is 3. The van der Waals surface area contributed by atoms with Crippen molar-refractivity contribution in [3.05, 3.63) is 57.7 Å². The van der Waals surface area contributed by atoms with Crippen molar-refractivity contribution in [1.29, 1.82) is 0 Å². The molecule has 1 heterocycles. The minimum absolute atomic E-state index is 0.0401. The van der Waals surface area contributed by atoms with Gasteiger partial charge in [0, 0.05) is 22.7 Å². The molecule has 1 amide bonds. The predicted octanol–water partition coefficient (Wildman–Crippen LogP) is 3.70. The summed E-state index contributed by atoms with van der Waals surface area (Å²) in [6, 6.07) is 10.9. The van der Waals surface area contributed by atoms with Gasteiger partial charge in [-0.25, -0.2) is 4.98 Å². The van der Waals surface area contributed by atoms with Gasteiger partial charge in [0.2, 0.25) is 5.91 Å². The van der Waals surface area contributed by atoms with Gasteiger partial charge >= 0.3 is 0 Å². The van der Waals surface area contributed by atoms with E-state index in [0.717, 1.165) is 10.0 Å². The Morgan fingerprint density at radius 1 is 1.37 bits per heavy atom. The average molecular weight is 340 g/mol. The van der Waals surface area contributed by atoms with E-state index in [0.29, 0.717) is 10.8 Å². The van der Waals surface area contributed by atoms with Gasteiger partial charge in [-0.05, 0) is 35.9 Å². The number of hydrogen-bond donors (Lipinski definition) is 0. The van der Waals surface area contributed by atoms with Crippen LogP contribution in [-0.2, 0) is 11.2 Å². The summed E-state index contributed by atoms with van der Waals surface area (Å²) in [7, 11) is 1.71. The summed E-state index contributed by atoms with van der Waals surface area (Å²) in [5, 5.41) is 0.617. The number of pyridine rings is 1. The van der Waals surface area contributed by atoms with E-state index in [-0.39, 0.29) is 12.3 Å². The molecule has 5 heteroatoms. The SMILES string of the molecule is CN(C(=O)Cc1cc(Cl)ccc1Br)c1ccccn1. The summed E-state index contributed by atoms with van der Waals surface area (Å²) in [5.41, 5.74) is 0.861. The van der Waals surface area contributed by atoms with Crippen molar-refractivity contribution in [2.75, 3.05) is 11.9 Å². The molecule has 3 nitrogen and oxygen atoms in total. The quantitative estimate of drug-likeness (QED) is 0.854. The molecule has 19 heavy (non-hydrogen) atoms.